The summed E-state index contributed by atoms with van der Waals surface area (Å²) in [4.78, 5) is 12.2. The molecule has 0 fully saturated rings. The number of ketones is 1. The standard InChI is InChI=1S/C16H14O.C2H6/c1-12(2)14-9-6-10-15(11-14)16(17)13-7-4-3-5-8-13;1-2/h3-11H,1H2,2H3;1-2H3. The highest BCUT2D eigenvalue weighted by molar-refractivity contribution is 6.09. The van der Waals surface area contributed by atoms with Crippen LogP contribution in [0.25, 0.3) is 5.57 Å². The Hall–Kier alpha value is -2.15. The molecule has 0 aliphatic heterocycles. The average Bonchev–Trinajstić information content (AvgIpc) is 2.49. The van der Waals surface area contributed by atoms with Crippen LogP contribution in [0.1, 0.15) is 42.3 Å². The summed E-state index contributed by atoms with van der Waals surface area (Å²) in [6, 6.07) is 16.9. The number of allylic oxidation sites excluding steroid dienone is 1. The Labute approximate surface area is 115 Å². The molecule has 98 valence electrons. The lowest BCUT2D eigenvalue weighted by molar-refractivity contribution is 0.103. The van der Waals surface area contributed by atoms with Crippen LogP contribution in [0.5, 0.6) is 0 Å². The smallest absolute Gasteiger partial charge is 0.193 e. The van der Waals surface area contributed by atoms with Crippen molar-refractivity contribution in [2.75, 3.05) is 0 Å². The molecule has 0 aromatic heterocycles. The Balaban J connectivity index is 0.000000861. The van der Waals surface area contributed by atoms with E-state index in [0.717, 1.165) is 11.1 Å². The molecule has 0 unspecified atom stereocenters. The first-order chi connectivity index (χ1) is 9.18. The molecule has 2 aromatic rings. The zero-order valence-electron chi connectivity index (χ0n) is 11.8. The summed E-state index contributed by atoms with van der Waals surface area (Å²) in [7, 11) is 0. The lowest BCUT2D eigenvalue weighted by Gasteiger charge is -2.04. The van der Waals surface area contributed by atoms with Crippen molar-refractivity contribution in [1.82, 2.24) is 0 Å². The van der Waals surface area contributed by atoms with Gasteiger partial charge in [0, 0.05) is 11.1 Å². The van der Waals surface area contributed by atoms with Crippen LogP contribution < -0.4 is 0 Å². The van der Waals surface area contributed by atoms with Crippen molar-refractivity contribution in [3.05, 3.63) is 77.9 Å². The van der Waals surface area contributed by atoms with Crippen molar-refractivity contribution in [1.29, 1.82) is 0 Å². The molecule has 0 saturated heterocycles. The molecule has 0 aliphatic carbocycles. The maximum atomic E-state index is 12.2. The molecule has 1 nitrogen and oxygen atoms in total. The highest BCUT2D eigenvalue weighted by Crippen LogP contribution is 2.16. The minimum atomic E-state index is 0.0497. The molecule has 2 rings (SSSR count). The van der Waals surface area contributed by atoms with Gasteiger partial charge in [0.05, 0.1) is 0 Å². The number of benzene rings is 2. The van der Waals surface area contributed by atoms with Gasteiger partial charge in [0.15, 0.2) is 5.78 Å². The molecule has 19 heavy (non-hydrogen) atoms. The van der Waals surface area contributed by atoms with Crippen molar-refractivity contribution in [3.8, 4) is 0 Å². The summed E-state index contributed by atoms with van der Waals surface area (Å²) in [5.74, 6) is 0.0497. The maximum absolute atomic E-state index is 12.2. The number of hydrogen-bond donors (Lipinski definition) is 0. The number of carbonyl (C=O) groups excluding carboxylic acids is 1. The molecule has 0 atom stereocenters. The second kappa shape index (κ2) is 7.32. The van der Waals surface area contributed by atoms with E-state index in [1.165, 1.54) is 0 Å². The van der Waals surface area contributed by atoms with Crippen LogP contribution in [0.15, 0.2) is 61.2 Å². The van der Waals surface area contributed by atoms with Gasteiger partial charge in [-0.05, 0) is 18.6 Å². The molecule has 0 N–H and O–H groups in total. The monoisotopic (exact) mass is 252 g/mol. The Morgan fingerprint density at radius 3 is 1.95 bits per heavy atom. The maximum Gasteiger partial charge on any atom is 0.193 e. The van der Waals surface area contributed by atoms with E-state index in [0.29, 0.717) is 11.1 Å². The SMILES string of the molecule is C=C(C)c1cccc(C(=O)c2ccccc2)c1.CC. The third-order valence-electron chi connectivity index (χ3n) is 2.65. The van der Waals surface area contributed by atoms with Crippen LogP contribution in [-0.4, -0.2) is 5.78 Å². The van der Waals surface area contributed by atoms with Crippen molar-refractivity contribution < 1.29 is 4.79 Å². The number of hydrogen-bond acceptors (Lipinski definition) is 1. The summed E-state index contributed by atoms with van der Waals surface area (Å²) >= 11 is 0. The molecule has 0 spiro atoms. The molecule has 0 saturated carbocycles. The number of carbonyl (C=O) groups is 1. The van der Waals surface area contributed by atoms with Crippen LogP contribution in [0.4, 0.5) is 0 Å². The van der Waals surface area contributed by atoms with Gasteiger partial charge in [0.25, 0.3) is 0 Å². The normalized spacial score (nSPS) is 9.21. The zero-order chi connectivity index (χ0) is 14.3. The van der Waals surface area contributed by atoms with E-state index < -0.39 is 0 Å². The molecular formula is C18H20O. The van der Waals surface area contributed by atoms with E-state index in [9.17, 15) is 4.79 Å². The summed E-state index contributed by atoms with van der Waals surface area (Å²) in [6.07, 6.45) is 0. The second-order valence-electron chi connectivity index (χ2n) is 4.06. The van der Waals surface area contributed by atoms with Gasteiger partial charge >= 0.3 is 0 Å². The minimum absolute atomic E-state index is 0.0497. The lowest BCUT2D eigenvalue weighted by atomic mass is 9.99. The predicted molar refractivity (Wildman–Crippen MR) is 82.4 cm³/mol. The third kappa shape index (κ3) is 3.92. The molecule has 2 aromatic carbocycles. The fourth-order valence-electron chi connectivity index (χ4n) is 1.68. The fourth-order valence-corrected chi connectivity index (χ4v) is 1.68. The van der Waals surface area contributed by atoms with E-state index in [1.54, 1.807) is 0 Å². The lowest BCUT2D eigenvalue weighted by Crippen LogP contribution is -2.01. The highest BCUT2D eigenvalue weighted by Gasteiger charge is 2.08. The quantitative estimate of drug-likeness (QED) is 0.704. The molecule has 0 radical (unpaired) electrons. The fraction of sp³-hybridized carbons (Fsp3) is 0.167. The van der Waals surface area contributed by atoms with Crippen LogP contribution >= 0.6 is 0 Å². The molecule has 0 heterocycles. The largest absolute Gasteiger partial charge is 0.289 e. The van der Waals surface area contributed by atoms with E-state index >= 15 is 0 Å². The highest BCUT2D eigenvalue weighted by atomic mass is 16.1. The van der Waals surface area contributed by atoms with Gasteiger partial charge in [0.1, 0.15) is 0 Å². The zero-order valence-corrected chi connectivity index (χ0v) is 11.8. The van der Waals surface area contributed by atoms with Gasteiger partial charge in [-0.25, -0.2) is 0 Å². The van der Waals surface area contributed by atoms with Crippen molar-refractivity contribution >= 4 is 11.4 Å². The molecule has 1 heteroatoms. The van der Waals surface area contributed by atoms with E-state index in [2.05, 4.69) is 6.58 Å². The topological polar surface area (TPSA) is 17.1 Å². The molecule has 0 aliphatic rings. The van der Waals surface area contributed by atoms with Gasteiger partial charge in [-0.15, -0.1) is 0 Å². The number of rotatable bonds is 3. The molecule has 0 amide bonds. The van der Waals surface area contributed by atoms with Crippen molar-refractivity contribution in [2.45, 2.75) is 20.8 Å². The Kier molecular flexibility index (Phi) is 5.74. The third-order valence-corrected chi connectivity index (χ3v) is 2.65. The first-order valence-electron chi connectivity index (χ1n) is 6.54. The van der Waals surface area contributed by atoms with Crippen LogP contribution in [0.3, 0.4) is 0 Å². The van der Waals surface area contributed by atoms with E-state index in [-0.39, 0.29) is 5.78 Å². The van der Waals surface area contributed by atoms with Gasteiger partial charge in [-0.1, -0.05) is 74.5 Å². The summed E-state index contributed by atoms with van der Waals surface area (Å²) in [5, 5.41) is 0. The molecule has 0 bridgehead atoms. The summed E-state index contributed by atoms with van der Waals surface area (Å²) in [5.41, 5.74) is 3.39. The Morgan fingerprint density at radius 1 is 0.842 bits per heavy atom. The van der Waals surface area contributed by atoms with Gasteiger partial charge in [-0.3, -0.25) is 4.79 Å². The summed E-state index contributed by atoms with van der Waals surface area (Å²) in [6.45, 7) is 9.82. The summed E-state index contributed by atoms with van der Waals surface area (Å²) < 4.78 is 0. The van der Waals surface area contributed by atoms with Crippen LogP contribution in [-0.2, 0) is 0 Å². The van der Waals surface area contributed by atoms with Gasteiger partial charge in [0.2, 0.25) is 0 Å². The van der Waals surface area contributed by atoms with Crippen molar-refractivity contribution in [2.24, 2.45) is 0 Å². The van der Waals surface area contributed by atoms with Gasteiger partial charge in [-0.2, -0.15) is 0 Å². The average molecular weight is 252 g/mol. The van der Waals surface area contributed by atoms with Crippen LogP contribution in [0, 0.1) is 0 Å². The van der Waals surface area contributed by atoms with Gasteiger partial charge < -0.3 is 0 Å². The first kappa shape index (κ1) is 14.9. The van der Waals surface area contributed by atoms with Crippen molar-refractivity contribution in [3.63, 3.8) is 0 Å². The second-order valence-corrected chi connectivity index (χ2v) is 4.06. The van der Waals surface area contributed by atoms with E-state index in [4.69, 9.17) is 0 Å². The Bertz CT molecular complexity index is 553. The Morgan fingerprint density at radius 2 is 1.37 bits per heavy atom. The minimum Gasteiger partial charge on any atom is -0.289 e. The first-order valence-corrected chi connectivity index (χ1v) is 6.54. The predicted octanol–water partition coefficient (Wildman–Crippen LogP) is 4.98. The molecular weight excluding hydrogens is 232 g/mol. The van der Waals surface area contributed by atoms with Crippen LogP contribution in [0.2, 0.25) is 0 Å². The van der Waals surface area contributed by atoms with E-state index in [1.807, 2.05) is 75.4 Å².